The number of halogens is 2. The summed E-state index contributed by atoms with van der Waals surface area (Å²) < 4.78 is 6.60. The lowest BCUT2D eigenvalue weighted by molar-refractivity contribution is -0.123. The van der Waals surface area contributed by atoms with Crippen LogP contribution in [0.25, 0.3) is 5.69 Å². The molecule has 0 unspecified atom stereocenters. The van der Waals surface area contributed by atoms with Crippen LogP contribution in [0.4, 0.5) is 0 Å². The average Bonchev–Trinajstić information content (AvgIpc) is 3.09. The van der Waals surface area contributed by atoms with E-state index in [4.69, 9.17) is 27.9 Å². The fourth-order valence-corrected chi connectivity index (χ4v) is 2.53. The highest BCUT2D eigenvalue weighted by atomic mass is 35.5. The van der Waals surface area contributed by atoms with Crippen LogP contribution in [0.2, 0.25) is 10.0 Å². The first kappa shape index (κ1) is 19.5. The second kappa shape index (κ2) is 8.64. The monoisotopic (exact) mass is 420 g/mol. The van der Waals surface area contributed by atoms with Gasteiger partial charge in [0.1, 0.15) is 5.75 Å². The number of aromatic nitrogens is 2. The Hall–Kier alpha value is -3.23. The molecule has 3 N–H and O–H groups in total. The Bertz CT molecular complexity index is 1010. The minimum absolute atomic E-state index is 0.231. The summed E-state index contributed by atoms with van der Waals surface area (Å²) in [6, 6.07) is 13.5. The number of ether oxygens (including phenoxy) is 1. The Morgan fingerprint density at radius 3 is 2.61 bits per heavy atom. The zero-order chi connectivity index (χ0) is 20.1. The number of nitrogens with zero attached hydrogens (tertiary/aromatic N) is 2. The van der Waals surface area contributed by atoms with Crippen molar-refractivity contribution in [3.8, 4) is 17.2 Å². The van der Waals surface area contributed by atoms with Crippen molar-refractivity contribution in [3.05, 3.63) is 70.5 Å². The largest absolute Gasteiger partial charge is 0.504 e. The molecule has 3 aromatic rings. The van der Waals surface area contributed by atoms with E-state index in [1.807, 2.05) is 6.07 Å². The van der Waals surface area contributed by atoms with Gasteiger partial charge >= 0.3 is 0 Å². The maximum Gasteiger partial charge on any atom is 0.294 e. The number of amides is 2. The van der Waals surface area contributed by atoms with E-state index >= 15 is 0 Å². The number of nitrogens with one attached hydrogen (secondary N) is 2. The smallest absolute Gasteiger partial charge is 0.294 e. The highest BCUT2D eigenvalue weighted by molar-refractivity contribution is 6.34. The third-order valence-electron chi connectivity index (χ3n) is 3.50. The molecular formula is C18H14Cl2N4O4. The van der Waals surface area contributed by atoms with Crippen molar-refractivity contribution in [3.63, 3.8) is 0 Å². The van der Waals surface area contributed by atoms with Gasteiger partial charge in [-0.25, -0.2) is 4.68 Å². The van der Waals surface area contributed by atoms with Crippen LogP contribution in [0.3, 0.4) is 0 Å². The normalized spacial score (nSPS) is 10.4. The van der Waals surface area contributed by atoms with Crippen molar-refractivity contribution in [1.82, 2.24) is 20.6 Å². The van der Waals surface area contributed by atoms with E-state index in [9.17, 15) is 14.7 Å². The molecule has 144 valence electrons. The van der Waals surface area contributed by atoms with E-state index in [-0.39, 0.29) is 22.2 Å². The van der Waals surface area contributed by atoms with Crippen LogP contribution in [0.15, 0.2) is 54.7 Å². The number of hydrazine groups is 1. The topological polar surface area (TPSA) is 105 Å². The fraction of sp³-hybridized carbons (Fsp3) is 0.0556. The second-order valence-corrected chi connectivity index (χ2v) is 6.35. The van der Waals surface area contributed by atoms with Crippen LogP contribution >= 0.6 is 23.2 Å². The van der Waals surface area contributed by atoms with Gasteiger partial charge in [0, 0.05) is 11.1 Å². The number of aromatic hydroxyl groups is 1. The summed E-state index contributed by atoms with van der Waals surface area (Å²) in [6.45, 7) is -0.412. The number of hydrogen-bond acceptors (Lipinski definition) is 5. The Morgan fingerprint density at radius 1 is 1.11 bits per heavy atom. The summed E-state index contributed by atoms with van der Waals surface area (Å²) in [5, 5.41) is 14.6. The number of hydrogen-bond donors (Lipinski definition) is 3. The van der Waals surface area contributed by atoms with Gasteiger partial charge in [-0.1, -0.05) is 41.4 Å². The van der Waals surface area contributed by atoms with Crippen molar-refractivity contribution in [2.75, 3.05) is 6.61 Å². The lowest BCUT2D eigenvalue weighted by atomic mass is 10.3. The molecule has 8 nitrogen and oxygen atoms in total. The molecule has 0 bridgehead atoms. The summed E-state index contributed by atoms with van der Waals surface area (Å²) in [6.07, 6.45) is 1.29. The van der Waals surface area contributed by atoms with Crippen molar-refractivity contribution in [2.24, 2.45) is 0 Å². The van der Waals surface area contributed by atoms with E-state index in [2.05, 4.69) is 16.0 Å². The predicted octanol–water partition coefficient (Wildman–Crippen LogP) is 2.72. The van der Waals surface area contributed by atoms with E-state index in [0.717, 1.165) is 0 Å². The Balaban J connectivity index is 1.56. The van der Waals surface area contributed by atoms with Gasteiger partial charge in [-0.05, 0) is 24.3 Å². The van der Waals surface area contributed by atoms with Crippen LogP contribution in [0, 0.1) is 0 Å². The number of para-hydroxylation sites is 1. The molecule has 0 aliphatic heterocycles. The lowest BCUT2D eigenvalue weighted by Gasteiger charge is -2.09. The minimum Gasteiger partial charge on any atom is -0.504 e. The van der Waals surface area contributed by atoms with E-state index in [1.165, 1.54) is 23.0 Å². The summed E-state index contributed by atoms with van der Waals surface area (Å²) in [5.74, 6) is -1.54. The van der Waals surface area contributed by atoms with Crippen LogP contribution in [0.1, 0.15) is 10.5 Å². The third-order valence-corrected chi connectivity index (χ3v) is 4.05. The molecule has 0 aliphatic rings. The summed E-state index contributed by atoms with van der Waals surface area (Å²) in [4.78, 5) is 24.0. The standard InChI is InChI=1S/C18H14Cl2N4O4/c19-11-6-7-13(20)15(8-11)28-10-16(26)21-22-18(27)17-14(25)9-24(23-17)12-4-2-1-3-5-12/h1-9,25H,10H2,(H,21,26)(H,22,27). The van der Waals surface area contributed by atoms with Crippen LogP contribution in [-0.4, -0.2) is 33.3 Å². The number of rotatable bonds is 5. The van der Waals surface area contributed by atoms with Gasteiger partial charge in [-0.15, -0.1) is 0 Å². The molecule has 0 aliphatic carbocycles. The first-order chi connectivity index (χ1) is 13.4. The molecule has 2 aromatic carbocycles. The molecule has 10 heteroatoms. The molecule has 0 fully saturated rings. The van der Waals surface area contributed by atoms with Gasteiger partial charge in [0.2, 0.25) is 0 Å². The van der Waals surface area contributed by atoms with Gasteiger partial charge in [-0.2, -0.15) is 5.10 Å². The zero-order valence-electron chi connectivity index (χ0n) is 14.2. The van der Waals surface area contributed by atoms with Gasteiger partial charge in [0.15, 0.2) is 18.1 Å². The van der Waals surface area contributed by atoms with Crippen LogP contribution in [0.5, 0.6) is 11.5 Å². The second-order valence-electron chi connectivity index (χ2n) is 5.51. The van der Waals surface area contributed by atoms with Crippen molar-refractivity contribution >= 4 is 35.0 Å². The Labute approximate surface area is 169 Å². The van der Waals surface area contributed by atoms with Crippen molar-refractivity contribution in [2.45, 2.75) is 0 Å². The predicted molar refractivity (Wildman–Crippen MR) is 103 cm³/mol. The Morgan fingerprint density at radius 2 is 1.86 bits per heavy atom. The molecule has 3 rings (SSSR count). The van der Waals surface area contributed by atoms with Gasteiger partial charge in [-0.3, -0.25) is 20.4 Å². The lowest BCUT2D eigenvalue weighted by Crippen LogP contribution is -2.44. The fourth-order valence-electron chi connectivity index (χ4n) is 2.19. The zero-order valence-corrected chi connectivity index (χ0v) is 15.7. The molecule has 0 radical (unpaired) electrons. The third kappa shape index (κ3) is 4.73. The molecule has 28 heavy (non-hydrogen) atoms. The van der Waals surface area contributed by atoms with Crippen molar-refractivity contribution in [1.29, 1.82) is 0 Å². The van der Waals surface area contributed by atoms with E-state index in [0.29, 0.717) is 10.7 Å². The molecule has 2 amide bonds. The van der Waals surface area contributed by atoms with E-state index < -0.39 is 18.4 Å². The summed E-state index contributed by atoms with van der Waals surface area (Å²) >= 11 is 11.8. The molecule has 0 atom stereocenters. The molecular weight excluding hydrogens is 407 g/mol. The molecule has 1 heterocycles. The maximum atomic E-state index is 12.1. The quantitative estimate of drug-likeness (QED) is 0.550. The van der Waals surface area contributed by atoms with Crippen LogP contribution in [-0.2, 0) is 4.79 Å². The van der Waals surface area contributed by atoms with Gasteiger partial charge in [0.05, 0.1) is 16.9 Å². The number of carbonyl (C=O) groups is 2. The average molecular weight is 421 g/mol. The number of benzene rings is 2. The molecule has 1 aromatic heterocycles. The highest BCUT2D eigenvalue weighted by Crippen LogP contribution is 2.27. The molecule has 0 saturated heterocycles. The highest BCUT2D eigenvalue weighted by Gasteiger charge is 2.18. The molecule has 0 spiro atoms. The van der Waals surface area contributed by atoms with Gasteiger partial charge in [0.25, 0.3) is 11.8 Å². The first-order valence-corrected chi connectivity index (χ1v) is 8.70. The molecule has 0 saturated carbocycles. The number of carbonyl (C=O) groups excluding carboxylic acids is 2. The summed E-state index contributed by atoms with van der Waals surface area (Å²) in [7, 11) is 0. The van der Waals surface area contributed by atoms with Crippen molar-refractivity contribution < 1.29 is 19.4 Å². The maximum absolute atomic E-state index is 12.1. The van der Waals surface area contributed by atoms with Gasteiger partial charge < -0.3 is 9.84 Å². The summed E-state index contributed by atoms with van der Waals surface area (Å²) in [5.41, 5.74) is 4.73. The first-order valence-electron chi connectivity index (χ1n) is 7.95. The Kier molecular flexibility index (Phi) is 6.03. The van der Waals surface area contributed by atoms with E-state index in [1.54, 1.807) is 30.3 Å². The SMILES string of the molecule is O=C(COc1cc(Cl)ccc1Cl)NNC(=O)c1nn(-c2ccccc2)cc1O. The minimum atomic E-state index is -0.790. The van der Waals surface area contributed by atoms with Crippen LogP contribution < -0.4 is 15.6 Å².